The van der Waals surface area contributed by atoms with Crippen LogP contribution in [0.25, 0.3) is 0 Å². The highest BCUT2D eigenvalue weighted by Crippen LogP contribution is 2.45. The lowest BCUT2D eigenvalue weighted by Gasteiger charge is -2.22. The van der Waals surface area contributed by atoms with Crippen LogP contribution >= 0.6 is 7.60 Å². The Morgan fingerprint density at radius 2 is 1.76 bits per heavy atom. The molecule has 0 radical (unpaired) electrons. The van der Waals surface area contributed by atoms with E-state index in [0.29, 0.717) is 0 Å². The number of hydrogen-bond acceptors (Lipinski definition) is 4. The van der Waals surface area contributed by atoms with Gasteiger partial charge in [0.15, 0.2) is 6.04 Å². The molecule has 0 amide bonds. The van der Waals surface area contributed by atoms with Crippen molar-refractivity contribution >= 4 is 13.6 Å². The van der Waals surface area contributed by atoms with Crippen LogP contribution in [0.2, 0.25) is 0 Å². The average molecular weight is 263 g/mol. The van der Waals surface area contributed by atoms with Crippen LogP contribution in [0.1, 0.15) is 46.0 Å². The summed E-state index contributed by atoms with van der Waals surface area (Å²) in [5.74, 6) is 1.11. The highest BCUT2D eigenvalue weighted by Gasteiger charge is 2.29. The average Bonchev–Trinajstić information content (AvgIpc) is 2.30. The van der Waals surface area contributed by atoms with Crippen molar-refractivity contribution in [1.29, 1.82) is 0 Å². The molecule has 1 aliphatic carbocycles. The van der Waals surface area contributed by atoms with Crippen LogP contribution < -0.4 is 0 Å². The Morgan fingerprint density at radius 1 is 1.24 bits per heavy atom. The van der Waals surface area contributed by atoms with Gasteiger partial charge in [-0.15, -0.1) is 0 Å². The van der Waals surface area contributed by atoms with Crippen molar-refractivity contribution in [2.75, 3.05) is 13.2 Å². The number of rotatable bonds is 6. The lowest BCUT2D eigenvalue weighted by Crippen LogP contribution is -2.25. The third kappa shape index (κ3) is 4.78. The van der Waals surface area contributed by atoms with Gasteiger partial charge < -0.3 is 14.3 Å². The second-order valence-corrected chi connectivity index (χ2v) is 5.97. The minimum atomic E-state index is -3.35. The zero-order chi connectivity index (χ0) is 12.7. The summed E-state index contributed by atoms with van der Waals surface area (Å²) < 4.78 is 23.0. The van der Waals surface area contributed by atoms with Crippen LogP contribution in [0, 0.1) is 5.21 Å². The first-order chi connectivity index (χ1) is 8.11. The van der Waals surface area contributed by atoms with Gasteiger partial charge in [-0.2, -0.15) is 0 Å². The van der Waals surface area contributed by atoms with Crippen molar-refractivity contribution < 1.29 is 18.4 Å². The second-order valence-electron chi connectivity index (χ2n) is 4.14. The summed E-state index contributed by atoms with van der Waals surface area (Å²) in [5, 5.41) is 11.9. The van der Waals surface area contributed by atoms with E-state index >= 15 is 0 Å². The predicted octanol–water partition coefficient (Wildman–Crippen LogP) is 3.12. The molecule has 6 heteroatoms. The van der Waals surface area contributed by atoms with Crippen LogP contribution in [0.5, 0.6) is 0 Å². The van der Waals surface area contributed by atoms with Crippen LogP contribution in [-0.4, -0.2) is 30.0 Å². The summed E-state index contributed by atoms with van der Waals surface area (Å²) in [6.45, 7) is 4.00. The smallest absolute Gasteiger partial charge is 0.417 e. The van der Waals surface area contributed by atoms with Gasteiger partial charge >= 0.3 is 7.60 Å². The quantitative estimate of drug-likeness (QED) is 0.243. The molecule has 0 saturated heterocycles. The SMILES string of the molecule is CCOP(=O)(C=[N+]([O-])C1CCCCC1)OCC. The molecule has 0 atom stereocenters. The van der Waals surface area contributed by atoms with Crippen molar-refractivity contribution in [3.63, 3.8) is 0 Å². The van der Waals surface area contributed by atoms with Crippen molar-refractivity contribution in [2.24, 2.45) is 0 Å². The van der Waals surface area contributed by atoms with Crippen molar-refractivity contribution in [3.8, 4) is 0 Å². The minimum absolute atomic E-state index is 0.0713. The zero-order valence-corrected chi connectivity index (χ0v) is 11.5. The van der Waals surface area contributed by atoms with E-state index in [0.717, 1.165) is 36.4 Å². The van der Waals surface area contributed by atoms with Gasteiger partial charge in [0.05, 0.1) is 13.2 Å². The molecule has 1 rings (SSSR count). The van der Waals surface area contributed by atoms with Gasteiger partial charge in [-0.1, -0.05) is 6.42 Å². The molecule has 0 spiro atoms. The molecule has 5 nitrogen and oxygen atoms in total. The van der Waals surface area contributed by atoms with Gasteiger partial charge in [0.1, 0.15) is 0 Å². The molecule has 0 aromatic heterocycles. The fourth-order valence-electron chi connectivity index (χ4n) is 2.03. The molecule has 0 aliphatic heterocycles. The first-order valence-electron chi connectivity index (χ1n) is 6.31. The van der Waals surface area contributed by atoms with Crippen LogP contribution in [0.4, 0.5) is 0 Å². The standard InChI is InChI=1S/C11H22NO4P/c1-3-15-17(14,16-4-2)10-12(13)11-8-6-5-7-9-11/h10-11H,3-9H2,1-2H3. The Hall–Kier alpha value is -0.380. The molecule has 1 fully saturated rings. The lowest BCUT2D eigenvalue weighted by molar-refractivity contribution is -0.499. The first-order valence-corrected chi connectivity index (χ1v) is 7.92. The number of hydroxylamine groups is 1. The highest BCUT2D eigenvalue weighted by molar-refractivity contribution is 7.69. The number of hydrogen-bond donors (Lipinski definition) is 0. The Balaban J connectivity index is 2.70. The van der Waals surface area contributed by atoms with E-state index in [-0.39, 0.29) is 19.3 Å². The van der Waals surface area contributed by atoms with Gasteiger partial charge in [-0.05, 0) is 26.7 Å². The topological polar surface area (TPSA) is 61.6 Å². The largest absolute Gasteiger partial charge is 0.623 e. The van der Waals surface area contributed by atoms with Crippen molar-refractivity contribution in [1.82, 2.24) is 0 Å². The summed E-state index contributed by atoms with van der Waals surface area (Å²) >= 11 is 0. The van der Waals surface area contributed by atoms with E-state index in [4.69, 9.17) is 9.05 Å². The van der Waals surface area contributed by atoms with Crippen molar-refractivity contribution in [2.45, 2.75) is 52.0 Å². The normalized spacial score (nSPS) is 19.5. The van der Waals surface area contributed by atoms with Crippen LogP contribution in [-0.2, 0) is 13.6 Å². The van der Waals surface area contributed by atoms with E-state index in [1.165, 1.54) is 6.42 Å². The molecule has 0 heterocycles. The fraction of sp³-hybridized carbons (Fsp3) is 0.909. The van der Waals surface area contributed by atoms with E-state index in [1.807, 2.05) is 0 Å². The molecule has 17 heavy (non-hydrogen) atoms. The Kier molecular flexibility index (Phi) is 6.17. The zero-order valence-electron chi connectivity index (χ0n) is 10.6. The van der Waals surface area contributed by atoms with Crippen LogP contribution in [0.15, 0.2) is 0 Å². The third-order valence-corrected chi connectivity index (χ3v) is 4.55. The summed E-state index contributed by atoms with van der Waals surface area (Å²) in [6, 6.07) is -0.0713. The maximum atomic E-state index is 12.1. The molecule has 1 aliphatic rings. The summed E-state index contributed by atoms with van der Waals surface area (Å²) in [4.78, 5) is 0. The van der Waals surface area contributed by atoms with E-state index < -0.39 is 7.60 Å². The first kappa shape index (κ1) is 14.7. The molecule has 0 N–H and O–H groups in total. The van der Waals surface area contributed by atoms with Gasteiger partial charge in [-0.25, -0.2) is 9.30 Å². The predicted molar refractivity (Wildman–Crippen MR) is 67.4 cm³/mol. The fourth-order valence-corrected chi connectivity index (χ4v) is 3.43. The van der Waals surface area contributed by atoms with E-state index in [9.17, 15) is 9.77 Å². The second kappa shape index (κ2) is 7.14. The third-order valence-electron chi connectivity index (χ3n) is 2.81. The van der Waals surface area contributed by atoms with Gasteiger partial charge in [0.25, 0.3) is 5.96 Å². The van der Waals surface area contributed by atoms with Crippen LogP contribution in [0.3, 0.4) is 0 Å². The Bertz CT molecular complexity index is 290. The monoisotopic (exact) mass is 263 g/mol. The molecule has 100 valence electrons. The summed E-state index contributed by atoms with van der Waals surface area (Å²) in [5.41, 5.74) is 0. The molecule has 0 bridgehead atoms. The lowest BCUT2D eigenvalue weighted by atomic mass is 9.96. The van der Waals surface area contributed by atoms with Gasteiger partial charge in [0.2, 0.25) is 0 Å². The van der Waals surface area contributed by atoms with Gasteiger partial charge in [-0.3, -0.25) is 0 Å². The van der Waals surface area contributed by atoms with E-state index in [1.54, 1.807) is 13.8 Å². The Morgan fingerprint density at radius 3 is 2.24 bits per heavy atom. The Labute approximate surface area is 103 Å². The highest BCUT2D eigenvalue weighted by atomic mass is 31.2. The molecule has 0 aromatic carbocycles. The van der Waals surface area contributed by atoms with Gasteiger partial charge in [0, 0.05) is 12.8 Å². The maximum absolute atomic E-state index is 12.1. The minimum Gasteiger partial charge on any atom is -0.623 e. The molecule has 1 saturated carbocycles. The molecule has 0 unspecified atom stereocenters. The summed E-state index contributed by atoms with van der Waals surface area (Å²) in [7, 11) is -3.35. The molecule has 0 aromatic rings. The molecular formula is C11H22NO4P. The van der Waals surface area contributed by atoms with E-state index in [2.05, 4.69) is 0 Å². The summed E-state index contributed by atoms with van der Waals surface area (Å²) in [6.07, 6.45) is 5.02. The number of nitrogens with zero attached hydrogens (tertiary/aromatic N) is 1. The van der Waals surface area contributed by atoms with Crippen molar-refractivity contribution in [3.05, 3.63) is 5.21 Å². The maximum Gasteiger partial charge on any atom is 0.417 e. The molecular weight excluding hydrogens is 241 g/mol.